The first-order valence-electron chi connectivity index (χ1n) is 8.28. The van der Waals surface area contributed by atoms with Gasteiger partial charge >= 0.3 is 6.16 Å². The molecule has 0 bridgehead atoms. The predicted octanol–water partition coefficient (Wildman–Crippen LogP) is 2.60. The second-order valence-electron chi connectivity index (χ2n) is 6.25. The Morgan fingerprint density at radius 1 is 0.960 bits per heavy atom. The van der Waals surface area contributed by atoms with Crippen LogP contribution in [-0.2, 0) is 9.47 Å². The van der Waals surface area contributed by atoms with Crippen LogP contribution in [0.25, 0.3) is 11.1 Å². The minimum atomic E-state index is -0.831. The molecule has 0 amide bonds. The average molecular weight is 341 g/mol. The lowest BCUT2D eigenvalue weighted by Gasteiger charge is -2.23. The van der Waals surface area contributed by atoms with Gasteiger partial charge in [0.15, 0.2) is 12.8 Å². The minimum Gasteiger partial charge on any atom is -0.421 e. The number of likely N-dealkylation sites (tertiary alicyclic amines) is 1. The Morgan fingerprint density at radius 3 is 2.04 bits per heavy atom. The molecule has 2 unspecified atom stereocenters. The van der Waals surface area contributed by atoms with Crippen molar-refractivity contribution >= 4 is 6.16 Å². The van der Waals surface area contributed by atoms with Crippen molar-refractivity contribution in [3.8, 4) is 11.1 Å². The van der Waals surface area contributed by atoms with Crippen molar-refractivity contribution in [2.45, 2.75) is 31.4 Å². The fourth-order valence-electron chi connectivity index (χ4n) is 3.49. The quantitative estimate of drug-likeness (QED) is 0.836. The van der Waals surface area contributed by atoms with Crippen molar-refractivity contribution in [3.05, 3.63) is 59.7 Å². The van der Waals surface area contributed by atoms with Crippen LogP contribution in [0.2, 0.25) is 0 Å². The van der Waals surface area contributed by atoms with E-state index in [0.29, 0.717) is 12.8 Å². The van der Waals surface area contributed by atoms with Crippen LogP contribution in [0.3, 0.4) is 0 Å². The van der Waals surface area contributed by atoms with E-state index in [4.69, 9.17) is 9.47 Å². The van der Waals surface area contributed by atoms with Crippen LogP contribution < -0.4 is 0 Å². The third-order valence-corrected chi connectivity index (χ3v) is 4.77. The van der Waals surface area contributed by atoms with Gasteiger partial charge in [0.25, 0.3) is 0 Å². The lowest BCUT2D eigenvalue weighted by Crippen LogP contribution is -2.38. The van der Waals surface area contributed by atoms with Crippen LogP contribution in [0.4, 0.5) is 4.79 Å². The molecule has 2 aromatic rings. The number of carbonyl (C=O) groups is 1. The van der Waals surface area contributed by atoms with Gasteiger partial charge in [-0.25, -0.2) is 9.69 Å². The molecule has 0 saturated carbocycles. The van der Waals surface area contributed by atoms with Gasteiger partial charge in [-0.05, 0) is 24.0 Å². The van der Waals surface area contributed by atoms with Crippen LogP contribution in [0.5, 0.6) is 0 Å². The van der Waals surface area contributed by atoms with E-state index < -0.39 is 24.7 Å². The molecule has 2 N–H and O–H groups in total. The summed E-state index contributed by atoms with van der Waals surface area (Å²) >= 11 is 0. The number of hydrogen-bond acceptors (Lipinski definition) is 6. The molecule has 0 spiro atoms. The smallest absolute Gasteiger partial charge is 0.421 e. The van der Waals surface area contributed by atoms with E-state index in [0.717, 1.165) is 22.3 Å². The number of nitrogens with zero attached hydrogens (tertiary/aromatic N) is 1. The van der Waals surface area contributed by atoms with E-state index in [1.807, 2.05) is 48.5 Å². The van der Waals surface area contributed by atoms with Gasteiger partial charge in [0, 0.05) is 11.1 Å². The van der Waals surface area contributed by atoms with Crippen LogP contribution in [0.15, 0.2) is 48.5 Å². The fourth-order valence-corrected chi connectivity index (χ4v) is 3.49. The number of fused-ring (bicyclic) bond motifs is 3. The summed E-state index contributed by atoms with van der Waals surface area (Å²) in [6.45, 7) is -0.211. The summed E-state index contributed by atoms with van der Waals surface area (Å²) in [5.74, 6) is 0. The highest BCUT2D eigenvalue weighted by Gasteiger charge is 2.34. The highest BCUT2D eigenvalue weighted by atomic mass is 16.7. The number of carbonyl (C=O) groups excluding carboxylic acids is 1. The molecule has 1 aliphatic heterocycles. The molecule has 1 saturated heterocycles. The van der Waals surface area contributed by atoms with Gasteiger partial charge in [0.2, 0.25) is 0 Å². The monoisotopic (exact) mass is 341 g/mol. The fraction of sp³-hybridized carbons (Fsp3) is 0.316. The maximum Gasteiger partial charge on any atom is 0.510 e. The van der Waals surface area contributed by atoms with Crippen LogP contribution in [-0.4, -0.2) is 40.5 Å². The maximum absolute atomic E-state index is 12.2. The van der Waals surface area contributed by atoms with Gasteiger partial charge in [-0.3, -0.25) is 0 Å². The Kier molecular flexibility index (Phi) is 4.17. The van der Waals surface area contributed by atoms with Crippen molar-refractivity contribution in [3.63, 3.8) is 0 Å². The Labute approximate surface area is 145 Å². The van der Waals surface area contributed by atoms with Crippen molar-refractivity contribution in [2.75, 3.05) is 6.73 Å². The van der Waals surface area contributed by atoms with Crippen LogP contribution in [0, 0.1) is 0 Å². The summed E-state index contributed by atoms with van der Waals surface area (Å²) in [4.78, 5) is 13.5. The maximum atomic E-state index is 12.2. The highest BCUT2D eigenvalue weighted by Crippen LogP contribution is 2.45. The Hall–Kier alpha value is -2.41. The van der Waals surface area contributed by atoms with Gasteiger partial charge in [0.1, 0.15) is 12.5 Å². The summed E-state index contributed by atoms with van der Waals surface area (Å²) < 4.78 is 10.6. The Morgan fingerprint density at radius 2 is 1.48 bits per heavy atom. The number of ether oxygens (including phenoxy) is 2. The standard InChI is InChI=1S/C19H19NO5/c21-16-9-10-17(22)20(16)11-24-19(23)25-18-14-7-3-1-5-12(14)13-6-2-4-8-15(13)18/h1-8,16-18,21-22H,9-11H2. The normalized spacial score (nSPS) is 22.5. The highest BCUT2D eigenvalue weighted by molar-refractivity contribution is 5.79. The minimum absolute atomic E-state index is 0.211. The molecule has 2 atom stereocenters. The molecule has 25 heavy (non-hydrogen) atoms. The predicted molar refractivity (Wildman–Crippen MR) is 89.2 cm³/mol. The van der Waals surface area contributed by atoms with Gasteiger partial charge in [-0.15, -0.1) is 0 Å². The molecule has 0 aromatic heterocycles. The zero-order valence-electron chi connectivity index (χ0n) is 13.5. The molecule has 1 fully saturated rings. The van der Waals surface area contributed by atoms with Crippen LogP contribution in [0.1, 0.15) is 30.1 Å². The average Bonchev–Trinajstić information content (AvgIpc) is 3.12. The van der Waals surface area contributed by atoms with Gasteiger partial charge in [-0.2, -0.15) is 0 Å². The second kappa shape index (κ2) is 6.48. The molecular formula is C19H19NO5. The van der Waals surface area contributed by atoms with E-state index in [1.165, 1.54) is 4.90 Å². The SMILES string of the molecule is O=C(OCN1C(O)CCC1O)OC1c2ccccc2-c2ccccc21. The van der Waals surface area contributed by atoms with Crippen LogP contribution >= 0.6 is 0 Å². The molecule has 2 aliphatic rings. The summed E-state index contributed by atoms with van der Waals surface area (Å²) in [5, 5.41) is 19.5. The summed E-state index contributed by atoms with van der Waals surface area (Å²) in [6.07, 6.45) is -2.08. The summed E-state index contributed by atoms with van der Waals surface area (Å²) in [6, 6.07) is 15.6. The lowest BCUT2D eigenvalue weighted by molar-refractivity contribution is -0.107. The number of aliphatic hydroxyl groups is 2. The van der Waals surface area contributed by atoms with Crippen molar-refractivity contribution in [1.82, 2.24) is 4.90 Å². The van der Waals surface area contributed by atoms with Gasteiger partial charge in [0.05, 0.1) is 0 Å². The summed E-state index contributed by atoms with van der Waals surface area (Å²) in [5.41, 5.74) is 3.92. The summed E-state index contributed by atoms with van der Waals surface area (Å²) in [7, 11) is 0. The van der Waals surface area contributed by atoms with E-state index in [-0.39, 0.29) is 6.73 Å². The van der Waals surface area contributed by atoms with Gasteiger partial charge < -0.3 is 19.7 Å². The molecule has 2 aromatic carbocycles. The number of benzene rings is 2. The van der Waals surface area contributed by atoms with E-state index in [2.05, 4.69) is 0 Å². The molecule has 6 heteroatoms. The number of aliphatic hydroxyl groups excluding tert-OH is 2. The van der Waals surface area contributed by atoms with Crippen molar-refractivity contribution in [2.24, 2.45) is 0 Å². The third-order valence-electron chi connectivity index (χ3n) is 4.77. The first-order chi connectivity index (χ1) is 12.1. The molecule has 4 rings (SSSR count). The zero-order valence-corrected chi connectivity index (χ0v) is 13.5. The number of rotatable bonds is 3. The molecule has 1 aliphatic carbocycles. The molecular weight excluding hydrogens is 322 g/mol. The van der Waals surface area contributed by atoms with E-state index >= 15 is 0 Å². The first kappa shape index (κ1) is 16.1. The molecule has 6 nitrogen and oxygen atoms in total. The topological polar surface area (TPSA) is 79.2 Å². The molecule has 130 valence electrons. The zero-order chi connectivity index (χ0) is 17.4. The number of hydrogen-bond donors (Lipinski definition) is 2. The molecule has 0 radical (unpaired) electrons. The van der Waals surface area contributed by atoms with Crippen molar-refractivity contribution < 1.29 is 24.5 Å². The third kappa shape index (κ3) is 2.89. The Bertz CT molecular complexity index is 737. The Balaban J connectivity index is 1.48. The van der Waals surface area contributed by atoms with Crippen molar-refractivity contribution in [1.29, 1.82) is 0 Å². The largest absolute Gasteiger partial charge is 0.510 e. The second-order valence-corrected chi connectivity index (χ2v) is 6.25. The first-order valence-corrected chi connectivity index (χ1v) is 8.28. The van der Waals surface area contributed by atoms with E-state index in [9.17, 15) is 15.0 Å². The lowest BCUT2D eigenvalue weighted by atomic mass is 10.1. The van der Waals surface area contributed by atoms with E-state index in [1.54, 1.807) is 0 Å². The molecule has 1 heterocycles. The van der Waals surface area contributed by atoms with Gasteiger partial charge in [-0.1, -0.05) is 48.5 Å².